The molecule has 54 heavy (non-hydrogen) atoms. The Bertz CT molecular complexity index is 3180. The maximum absolute atomic E-state index is 6.37. The Morgan fingerprint density at radius 3 is 1.56 bits per heavy atom. The number of hydrogen-bond donors (Lipinski definition) is 0. The molecule has 11 rings (SSSR count). The van der Waals surface area contributed by atoms with Gasteiger partial charge in [0.15, 0.2) is 0 Å². The largest absolute Gasteiger partial charge is 0.456 e. The summed E-state index contributed by atoms with van der Waals surface area (Å²) in [5.74, 6) is 0. The number of benzene rings is 9. The highest BCUT2D eigenvalue weighted by Crippen LogP contribution is 2.47. The Morgan fingerprint density at radius 2 is 0.833 bits per heavy atom. The molecule has 0 aliphatic heterocycles. The van der Waals surface area contributed by atoms with Crippen LogP contribution in [-0.2, 0) is 0 Å². The van der Waals surface area contributed by atoms with Crippen molar-refractivity contribution < 1.29 is 4.42 Å². The fraction of sp³-hybridized carbons (Fsp3) is 0. The third-order valence-corrected chi connectivity index (χ3v) is 11.8. The summed E-state index contributed by atoms with van der Waals surface area (Å²) >= 11 is 1.89. The van der Waals surface area contributed by atoms with Crippen LogP contribution in [0.1, 0.15) is 0 Å². The summed E-state index contributed by atoms with van der Waals surface area (Å²) < 4.78 is 9.02. The molecule has 0 radical (unpaired) electrons. The molecule has 254 valence electrons. The van der Waals surface area contributed by atoms with Crippen LogP contribution in [0, 0.1) is 0 Å². The van der Waals surface area contributed by atoms with Gasteiger partial charge in [0.2, 0.25) is 0 Å². The van der Waals surface area contributed by atoms with Gasteiger partial charge in [-0.3, -0.25) is 0 Å². The van der Waals surface area contributed by atoms with Gasteiger partial charge in [0.25, 0.3) is 0 Å². The van der Waals surface area contributed by atoms with Crippen LogP contribution in [0.5, 0.6) is 0 Å². The lowest BCUT2D eigenvalue weighted by molar-refractivity contribution is 0.669. The lowest BCUT2D eigenvalue weighted by atomic mass is 9.96. The van der Waals surface area contributed by atoms with Gasteiger partial charge in [-0.2, -0.15) is 0 Å². The highest BCUT2D eigenvalue weighted by Gasteiger charge is 2.20. The van der Waals surface area contributed by atoms with E-state index in [0.29, 0.717) is 0 Å². The Morgan fingerprint density at radius 1 is 0.315 bits per heavy atom. The smallest absolute Gasteiger partial charge is 0.137 e. The summed E-state index contributed by atoms with van der Waals surface area (Å²) in [7, 11) is 0. The maximum Gasteiger partial charge on any atom is 0.137 e. The number of furan rings is 1. The summed E-state index contributed by atoms with van der Waals surface area (Å²) in [4.78, 5) is 4.68. The van der Waals surface area contributed by atoms with Gasteiger partial charge in [0.1, 0.15) is 11.2 Å². The van der Waals surface area contributed by atoms with E-state index in [1.807, 2.05) is 23.5 Å². The number of hydrogen-bond acceptors (Lipinski definition) is 4. The SMILES string of the molecule is c1ccc(N(c2cccc(N(c3ccccc3)c3ccc4c(c3)c3ccccc3c3c5ccccc5sc43)c2)c2ccc3c(c2)oc2ccccc23)cc1. The molecule has 9 aromatic carbocycles. The monoisotopic (exact) mass is 708 g/mol. The van der Waals surface area contributed by atoms with Gasteiger partial charge >= 0.3 is 0 Å². The second-order valence-electron chi connectivity index (χ2n) is 13.7. The average molecular weight is 709 g/mol. The van der Waals surface area contributed by atoms with Crippen LogP contribution in [-0.4, -0.2) is 0 Å². The first-order chi connectivity index (χ1) is 26.8. The number of nitrogens with zero attached hydrogens (tertiary/aromatic N) is 2. The van der Waals surface area contributed by atoms with E-state index in [9.17, 15) is 0 Å². The van der Waals surface area contributed by atoms with E-state index in [0.717, 1.165) is 56.1 Å². The first kappa shape index (κ1) is 30.7. The number of rotatable bonds is 6. The van der Waals surface area contributed by atoms with Crippen LogP contribution in [0.25, 0.3) is 63.7 Å². The van der Waals surface area contributed by atoms with E-state index in [2.05, 4.69) is 192 Å². The van der Waals surface area contributed by atoms with E-state index in [-0.39, 0.29) is 0 Å². The molecular weight excluding hydrogens is 677 g/mol. The topological polar surface area (TPSA) is 19.6 Å². The van der Waals surface area contributed by atoms with Crippen LogP contribution < -0.4 is 9.80 Å². The number of anilines is 6. The van der Waals surface area contributed by atoms with Crippen LogP contribution in [0.2, 0.25) is 0 Å². The van der Waals surface area contributed by atoms with Gasteiger partial charge < -0.3 is 14.2 Å². The third-order valence-electron chi connectivity index (χ3n) is 10.6. The molecule has 2 aromatic heterocycles. The standard InChI is InChI=1S/C50H32N2OS/c1-3-14-33(15-4-1)51(37-27-29-43-45(31-37)39-20-7-8-22-42(39)49-44-23-10-12-25-48(44)54-50(43)49)35-18-13-19-36(30-35)52(34-16-5-2-6-17-34)38-26-28-41-40-21-9-11-24-46(40)53-47(41)32-38/h1-32H. The molecule has 2 heterocycles. The zero-order valence-corrected chi connectivity index (χ0v) is 30.0. The third kappa shape index (κ3) is 4.88. The molecule has 0 unspecified atom stereocenters. The summed E-state index contributed by atoms with van der Waals surface area (Å²) in [6, 6.07) is 69.5. The molecule has 0 atom stereocenters. The number of fused-ring (bicyclic) bond motifs is 11. The van der Waals surface area contributed by atoms with Crippen molar-refractivity contribution in [1.82, 2.24) is 0 Å². The Labute approximate surface area is 316 Å². The van der Waals surface area contributed by atoms with Crippen molar-refractivity contribution in [3.63, 3.8) is 0 Å². The highest BCUT2D eigenvalue weighted by molar-refractivity contribution is 7.27. The molecule has 0 bridgehead atoms. The lowest BCUT2D eigenvalue weighted by Crippen LogP contribution is -2.13. The fourth-order valence-electron chi connectivity index (χ4n) is 8.20. The lowest BCUT2D eigenvalue weighted by Gasteiger charge is -2.29. The van der Waals surface area contributed by atoms with Crippen molar-refractivity contribution in [2.45, 2.75) is 0 Å². The molecule has 0 fully saturated rings. The van der Waals surface area contributed by atoms with Gasteiger partial charge in [-0.15, -0.1) is 11.3 Å². The van der Waals surface area contributed by atoms with Crippen molar-refractivity contribution in [2.24, 2.45) is 0 Å². The summed E-state index contributed by atoms with van der Waals surface area (Å²) in [6.45, 7) is 0. The average Bonchev–Trinajstić information content (AvgIpc) is 3.81. The Hall–Kier alpha value is -6.88. The first-order valence-electron chi connectivity index (χ1n) is 18.3. The minimum absolute atomic E-state index is 0.868. The Balaban J connectivity index is 1.11. The minimum Gasteiger partial charge on any atom is -0.456 e. The van der Waals surface area contributed by atoms with Crippen molar-refractivity contribution in [3.8, 4) is 0 Å². The fourth-order valence-corrected chi connectivity index (χ4v) is 9.46. The molecule has 3 nitrogen and oxygen atoms in total. The van der Waals surface area contributed by atoms with Crippen molar-refractivity contribution in [1.29, 1.82) is 0 Å². The maximum atomic E-state index is 6.37. The summed E-state index contributed by atoms with van der Waals surface area (Å²) in [5, 5.41) is 10.0. The van der Waals surface area contributed by atoms with E-state index < -0.39 is 0 Å². The molecule has 0 aliphatic rings. The van der Waals surface area contributed by atoms with Crippen molar-refractivity contribution in [3.05, 3.63) is 194 Å². The Kier molecular flexibility index (Phi) is 7.04. The highest BCUT2D eigenvalue weighted by atomic mass is 32.1. The molecule has 0 amide bonds. The summed E-state index contributed by atoms with van der Waals surface area (Å²) in [5.41, 5.74) is 8.18. The zero-order chi connectivity index (χ0) is 35.6. The molecular formula is C50H32N2OS. The molecule has 0 saturated carbocycles. The van der Waals surface area contributed by atoms with Gasteiger partial charge in [-0.05, 0) is 95.0 Å². The van der Waals surface area contributed by atoms with Crippen molar-refractivity contribution >= 4 is 109 Å². The van der Waals surface area contributed by atoms with Crippen molar-refractivity contribution in [2.75, 3.05) is 9.80 Å². The zero-order valence-electron chi connectivity index (χ0n) is 29.2. The van der Waals surface area contributed by atoms with Gasteiger partial charge in [-0.25, -0.2) is 0 Å². The van der Waals surface area contributed by atoms with Gasteiger partial charge in [-0.1, -0.05) is 109 Å². The van der Waals surface area contributed by atoms with E-state index in [1.54, 1.807) is 0 Å². The number of thiophene rings is 1. The molecule has 0 aliphatic carbocycles. The predicted molar refractivity (Wildman–Crippen MR) is 231 cm³/mol. The normalized spacial score (nSPS) is 11.7. The second-order valence-corrected chi connectivity index (χ2v) is 14.8. The second kappa shape index (κ2) is 12.4. The first-order valence-corrected chi connectivity index (χ1v) is 19.1. The molecule has 11 aromatic rings. The molecule has 4 heteroatoms. The number of para-hydroxylation sites is 3. The predicted octanol–water partition coefficient (Wildman–Crippen LogP) is 15.2. The van der Waals surface area contributed by atoms with E-state index in [1.165, 1.54) is 41.7 Å². The minimum atomic E-state index is 0.868. The van der Waals surface area contributed by atoms with Gasteiger partial charge in [0, 0.05) is 76.5 Å². The van der Waals surface area contributed by atoms with Crippen LogP contribution in [0.4, 0.5) is 34.1 Å². The van der Waals surface area contributed by atoms with Crippen LogP contribution >= 0.6 is 11.3 Å². The van der Waals surface area contributed by atoms with E-state index in [4.69, 9.17) is 4.42 Å². The van der Waals surface area contributed by atoms with Crippen LogP contribution in [0.3, 0.4) is 0 Å². The quantitative estimate of drug-likeness (QED) is 0.160. The molecule has 0 saturated heterocycles. The molecule has 0 N–H and O–H groups in total. The van der Waals surface area contributed by atoms with Crippen LogP contribution in [0.15, 0.2) is 199 Å². The van der Waals surface area contributed by atoms with E-state index >= 15 is 0 Å². The summed E-state index contributed by atoms with van der Waals surface area (Å²) in [6.07, 6.45) is 0. The van der Waals surface area contributed by atoms with Gasteiger partial charge in [0.05, 0.1) is 0 Å². The molecule has 0 spiro atoms.